The number of anilines is 1. The van der Waals surface area contributed by atoms with Crippen molar-refractivity contribution in [2.45, 2.75) is 26.1 Å². The predicted molar refractivity (Wildman–Crippen MR) is 69.7 cm³/mol. The number of nitrogen functional groups attached to an aromatic ring is 1. The minimum Gasteiger partial charge on any atom is -0.457 e. The quantitative estimate of drug-likeness (QED) is 0.682. The molecule has 1 aromatic rings. The van der Waals surface area contributed by atoms with Crippen molar-refractivity contribution in [2.75, 3.05) is 5.73 Å². The molecule has 102 valence electrons. The van der Waals surface area contributed by atoms with Crippen molar-refractivity contribution in [3.05, 3.63) is 27.9 Å². The van der Waals surface area contributed by atoms with Gasteiger partial charge in [-0.1, -0.05) is 23.2 Å². The highest BCUT2D eigenvalue weighted by atomic mass is 35.5. The molecule has 0 saturated heterocycles. The summed E-state index contributed by atoms with van der Waals surface area (Å²) in [5, 5.41) is -0.164. The molecule has 1 aliphatic rings. The molecule has 1 aliphatic heterocycles. The van der Waals surface area contributed by atoms with Crippen LogP contribution in [0.15, 0.2) is 12.0 Å². The van der Waals surface area contributed by atoms with Gasteiger partial charge < -0.3 is 15.2 Å². The number of carbonyl (C=O) groups excluding carboxylic acids is 1. The van der Waals surface area contributed by atoms with Gasteiger partial charge in [0.05, 0.1) is 12.0 Å². The van der Waals surface area contributed by atoms with Gasteiger partial charge in [0.15, 0.2) is 5.78 Å². The molecule has 0 fully saturated rings. The molecule has 2 rings (SSSR count). The summed E-state index contributed by atoms with van der Waals surface area (Å²) in [6.45, 7) is 3.46. The van der Waals surface area contributed by atoms with Crippen molar-refractivity contribution in [1.29, 1.82) is 0 Å². The van der Waals surface area contributed by atoms with Gasteiger partial charge in [-0.25, -0.2) is 9.97 Å². The van der Waals surface area contributed by atoms with Crippen LogP contribution in [0.5, 0.6) is 0 Å². The highest BCUT2D eigenvalue weighted by Gasteiger charge is 2.30. The molecule has 8 heteroatoms. The second-order valence-corrected chi connectivity index (χ2v) is 5.06. The van der Waals surface area contributed by atoms with Gasteiger partial charge in [-0.3, -0.25) is 4.79 Å². The Kier molecular flexibility index (Phi) is 3.56. The minimum atomic E-state index is -0.777. The van der Waals surface area contributed by atoms with E-state index in [1.807, 2.05) is 0 Å². The molecule has 2 N–H and O–H groups in total. The van der Waals surface area contributed by atoms with Crippen LogP contribution in [0.1, 0.15) is 30.6 Å². The van der Waals surface area contributed by atoms with E-state index >= 15 is 0 Å². The Hall–Kier alpha value is -1.53. The predicted octanol–water partition coefficient (Wildman–Crippen LogP) is 2.56. The Morgan fingerprint density at radius 3 is 2.42 bits per heavy atom. The van der Waals surface area contributed by atoms with E-state index in [9.17, 15) is 4.79 Å². The lowest BCUT2D eigenvalue weighted by atomic mass is 10.1. The summed E-state index contributed by atoms with van der Waals surface area (Å²) in [5.74, 6) is -0.852. The fourth-order valence-electron chi connectivity index (χ4n) is 1.55. The normalized spacial score (nSPS) is 16.5. The second kappa shape index (κ2) is 4.86. The molecular weight excluding hydrogens is 293 g/mol. The van der Waals surface area contributed by atoms with Crippen molar-refractivity contribution >= 4 is 34.9 Å². The molecule has 0 atom stereocenters. The monoisotopic (exact) mass is 303 g/mol. The van der Waals surface area contributed by atoms with E-state index in [-0.39, 0.29) is 34.0 Å². The molecule has 19 heavy (non-hydrogen) atoms. The zero-order chi connectivity index (χ0) is 14.2. The molecule has 2 heterocycles. The minimum absolute atomic E-state index is 0.0201. The first-order valence-electron chi connectivity index (χ1n) is 5.36. The molecule has 0 spiro atoms. The summed E-state index contributed by atoms with van der Waals surface area (Å²) in [5.41, 5.74) is 5.39. The maximum absolute atomic E-state index is 12.1. The maximum atomic E-state index is 12.1. The molecule has 0 radical (unpaired) electrons. The third-order valence-electron chi connectivity index (χ3n) is 2.30. The summed E-state index contributed by atoms with van der Waals surface area (Å²) in [6.07, 6.45) is 1.34. The van der Waals surface area contributed by atoms with Crippen molar-refractivity contribution in [3.8, 4) is 0 Å². The average Bonchev–Trinajstić information content (AvgIpc) is 2.56. The Bertz CT molecular complexity index is 549. The number of allylic oxidation sites excluding steroid dienone is 1. The summed E-state index contributed by atoms with van der Waals surface area (Å²) in [7, 11) is 0. The Balaban J connectivity index is 2.18. The van der Waals surface area contributed by atoms with E-state index in [1.165, 1.54) is 6.26 Å². The average molecular weight is 304 g/mol. The van der Waals surface area contributed by atoms with E-state index in [2.05, 4.69) is 9.97 Å². The van der Waals surface area contributed by atoms with Gasteiger partial charge in [-0.2, -0.15) is 0 Å². The third-order valence-corrected chi connectivity index (χ3v) is 2.85. The van der Waals surface area contributed by atoms with Gasteiger partial charge >= 0.3 is 0 Å². The van der Waals surface area contributed by atoms with Crippen molar-refractivity contribution in [1.82, 2.24) is 9.97 Å². The third kappa shape index (κ3) is 3.08. The lowest BCUT2D eigenvalue weighted by Gasteiger charge is -2.18. The summed E-state index contributed by atoms with van der Waals surface area (Å²) in [4.78, 5) is 19.5. The summed E-state index contributed by atoms with van der Waals surface area (Å²) >= 11 is 11.7. The van der Waals surface area contributed by atoms with Crippen LogP contribution in [0.2, 0.25) is 10.3 Å². The largest absolute Gasteiger partial charge is 0.457 e. The lowest BCUT2D eigenvalue weighted by molar-refractivity contribution is -0.116. The van der Waals surface area contributed by atoms with Crippen LogP contribution in [-0.2, 0) is 9.47 Å². The number of ketones is 1. The summed E-state index contributed by atoms with van der Waals surface area (Å²) in [6, 6.07) is 0. The number of hydrogen-bond donors (Lipinski definition) is 1. The molecule has 6 nitrogen and oxygen atoms in total. The number of ether oxygens (including phenoxy) is 2. The number of rotatable bonds is 3. The van der Waals surface area contributed by atoms with Gasteiger partial charge in [0.2, 0.25) is 11.7 Å². The molecule has 0 amide bonds. The van der Waals surface area contributed by atoms with E-state index in [0.29, 0.717) is 5.76 Å². The van der Waals surface area contributed by atoms with Crippen LogP contribution >= 0.6 is 23.2 Å². The molecule has 0 saturated carbocycles. The van der Waals surface area contributed by atoms with Crippen molar-refractivity contribution in [3.63, 3.8) is 0 Å². The van der Waals surface area contributed by atoms with E-state index in [4.69, 9.17) is 38.4 Å². The van der Waals surface area contributed by atoms with Gasteiger partial charge in [0.25, 0.3) is 0 Å². The number of aromatic nitrogens is 2. The Morgan fingerprint density at radius 2 is 1.95 bits per heavy atom. The van der Waals surface area contributed by atoms with Crippen molar-refractivity contribution < 1.29 is 14.3 Å². The van der Waals surface area contributed by atoms with E-state index in [1.54, 1.807) is 13.8 Å². The van der Waals surface area contributed by atoms with Crippen LogP contribution in [0, 0.1) is 0 Å². The maximum Gasteiger partial charge on any atom is 0.244 e. The van der Waals surface area contributed by atoms with Crippen LogP contribution < -0.4 is 5.73 Å². The first kappa shape index (κ1) is 13.9. The fourth-order valence-corrected chi connectivity index (χ4v) is 2.16. The second-order valence-electron chi connectivity index (χ2n) is 4.34. The Labute approximate surface area is 119 Å². The first-order valence-corrected chi connectivity index (χ1v) is 6.11. The Morgan fingerprint density at radius 1 is 1.37 bits per heavy atom. The lowest BCUT2D eigenvalue weighted by Crippen LogP contribution is -2.20. The SMILES string of the molecule is CC1(C)OC=C(CC(=O)c2c(Cl)nc(N)nc2Cl)O1. The van der Waals surface area contributed by atoms with Crippen LogP contribution in [-0.4, -0.2) is 21.5 Å². The number of Topliss-reactive ketones (excluding diaryl/α,β-unsaturated/α-hetero) is 1. The number of nitrogens with two attached hydrogens (primary N) is 1. The first-order chi connectivity index (χ1) is 8.78. The number of nitrogens with zero attached hydrogens (tertiary/aromatic N) is 2. The zero-order valence-corrected chi connectivity index (χ0v) is 11.7. The molecule has 0 aromatic carbocycles. The topological polar surface area (TPSA) is 87.3 Å². The molecule has 0 bridgehead atoms. The molecule has 1 aromatic heterocycles. The van der Waals surface area contributed by atoms with Gasteiger partial charge in [0.1, 0.15) is 22.3 Å². The van der Waals surface area contributed by atoms with Gasteiger partial charge in [-0.15, -0.1) is 0 Å². The molecule has 0 unspecified atom stereocenters. The highest BCUT2D eigenvalue weighted by molar-refractivity contribution is 6.38. The van der Waals surface area contributed by atoms with E-state index < -0.39 is 5.79 Å². The molecular formula is C11H11Cl2N3O3. The van der Waals surface area contributed by atoms with Crippen LogP contribution in [0.4, 0.5) is 5.95 Å². The van der Waals surface area contributed by atoms with Crippen molar-refractivity contribution in [2.24, 2.45) is 0 Å². The number of carbonyl (C=O) groups is 1. The number of hydrogen-bond acceptors (Lipinski definition) is 6. The number of halogens is 2. The van der Waals surface area contributed by atoms with Gasteiger partial charge in [-0.05, 0) is 0 Å². The highest BCUT2D eigenvalue weighted by Crippen LogP contribution is 2.29. The van der Waals surface area contributed by atoms with Crippen LogP contribution in [0.25, 0.3) is 0 Å². The zero-order valence-electron chi connectivity index (χ0n) is 10.2. The molecule has 0 aliphatic carbocycles. The standard InChI is InChI=1S/C11H11Cl2N3O3/c1-11(2)18-4-5(19-11)3-6(17)7-8(12)15-10(14)16-9(7)13/h4H,3H2,1-2H3,(H2,14,15,16). The van der Waals surface area contributed by atoms with Crippen LogP contribution in [0.3, 0.4) is 0 Å². The fraction of sp³-hybridized carbons (Fsp3) is 0.364. The summed E-state index contributed by atoms with van der Waals surface area (Å²) < 4.78 is 10.6. The van der Waals surface area contributed by atoms with Gasteiger partial charge in [0, 0.05) is 13.8 Å². The smallest absolute Gasteiger partial charge is 0.244 e. The van der Waals surface area contributed by atoms with E-state index in [0.717, 1.165) is 0 Å².